The molecule has 2 heterocycles. The third-order valence-corrected chi connectivity index (χ3v) is 6.26. The van der Waals surface area contributed by atoms with E-state index in [2.05, 4.69) is 10.5 Å². The predicted octanol–water partition coefficient (Wildman–Crippen LogP) is 2.76. The average molecular weight is 397 g/mol. The van der Waals surface area contributed by atoms with Gasteiger partial charge in [-0.25, -0.2) is 4.79 Å². The molecule has 0 fully saturated rings. The minimum absolute atomic E-state index is 0.308. The number of amides is 1. The molecule has 0 radical (unpaired) electrons. The van der Waals surface area contributed by atoms with Crippen molar-refractivity contribution in [3.05, 3.63) is 59.7 Å². The van der Waals surface area contributed by atoms with Crippen LogP contribution in [-0.4, -0.2) is 35.2 Å². The zero-order valence-electron chi connectivity index (χ0n) is 15.4. The summed E-state index contributed by atoms with van der Waals surface area (Å²) in [5.41, 5.74) is 5.17. The zero-order chi connectivity index (χ0) is 19.9. The molecule has 144 valence electrons. The summed E-state index contributed by atoms with van der Waals surface area (Å²) < 4.78 is 5.19. The smallest absolute Gasteiger partial charge is 0.326 e. The summed E-state index contributed by atoms with van der Waals surface area (Å²) in [6.07, 6.45) is 0.308. The highest BCUT2D eigenvalue weighted by atomic mass is 32.2. The number of ether oxygens (including phenoxy) is 1. The number of methoxy groups -OCH3 is 1. The number of rotatable bonds is 5. The summed E-state index contributed by atoms with van der Waals surface area (Å²) in [5, 5.41) is 14.7. The van der Waals surface area contributed by atoms with Gasteiger partial charge >= 0.3 is 5.97 Å². The monoisotopic (exact) mass is 397 g/mol. The van der Waals surface area contributed by atoms with Crippen LogP contribution in [-0.2, 0) is 14.5 Å². The number of nitrogens with one attached hydrogen (secondary N) is 1. The first-order valence-electron chi connectivity index (χ1n) is 8.86. The molecule has 0 saturated carbocycles. The number of nitrogens with zero attached hydrogens (tertiary/aromatic N) is 2. The molecule has 0 bridgehead atoms. The van der Waals surface area contributed by atoms with Crippen molar-refractivity contribution in [1.82, 2.24) is 5.43 Å². The Morgan fingerprint density at radius 2 is 2.00 bits per heavy atom. The van der Waals surface area contributed by atoms with Gasteiger partial charge in [0.25, 0.3) is 5.91 Å². The van der Waals surface area contributed by atoms with Crippen LogP contribution in [0.4, 0.5) is 5.69 Å². The van der Waals surface area contributed by atoms with Gasteiger partial charge in [0, 0.05) is 11.1 Å². The van der Waals surface area contributed by atoms with E-state index in [-0.39, 0.29) is 5.91 Å². The number of thioether (sulfide) groups is 1. The molecule has 0 saturated heterocycles. The van der Waals surface area contributed by atoms with Crippen molar-refractivity contribution in [2.75, 3.05) is 12.0 Å². The van der Waals surface area contributed by atoms with Crippen molar-refractivity contribution >= 4 is 34.4 Å². The van der Waals surface area contributed by atoms with Crippen LogP contribution in [0, 0.1) is 0 Å². The lowest BCUT2D eigenvalue weighted by molar-refractivity contribution is -0.140. The van der Waals surface area contributed by atoms with Gasteiger partial charge in [-0.3, -0.25) is 15.1 Å². The summed E-state index contributed by atoms with van der Waals surface area (Å²) in [6, 6.07) is 13.7. The molecular weight excluding hydrogens is 378 g/mol. The van der Waals surface area contributed by atoms with Crippen LogP contribution in [0.5, 0.6) is 5.75 Å². The Balaban J connectivity index is 1.72. The van der Waals surface area contributed by atoms with Gasteiger partial charge in [-0.15, -0.1) is 0 Å². The van der Waals surface area contributed by atoms with Crippen LogP contribution < -0.4 is 15.1 Å². The molecule has 1 amide bonds. The molecule has 1 spiro atoms. The number of carbonyl (C=O) groups is 2. The predicted molar refractivity (Wildman–Crippen MR) is 108 cm³/mol. The van der Waals surface area contributed by atoms with E-state index in [0.717, 1.165) is 16.9 Å². The van der Waals surface area contributed by atoms with E-state index < -0.39 is 16.9 Å². The number of aliphatic carboxylic acids is 1. The van der Waals surface area contributed by atoms with E-state index in [1.165, 1.54) is 16.7 Å². The molecule has 0 aromatic heterocycles. The van der Waals surface area contributed by atoms with Gasteiger partial charge in [0.15, 0.2) is 0 Å². The highest BCUT2D eigenvalue weighted by molar-refractivity contribution is 8.16. The second-order valence-corrected chi connectivity index (χ2v) is 7.70. The van der Waals surface area contributed by atoms with Gasteiger partial charge in [-0.05, 0) is 36.8 Å². The molecule has 2 atom stereocenters. The van der Waals surface area contributed by atoms with Crippen molar-refractivity contribution < 1.29 is 19.4 Å². The number of carboxylic acids is 1. The first-order valence-corrected chi connectivity index (χ1v) is 9.67. The topological polar surface area (TPSA) is 91.2 Å². The second kappa shape index (κ2) is 6.87. The Morgan fingerprint density at radius 1 is 1.29 bits per heavy atom. The number of anilines is 1. The SMILES string of the molecule is CCC(C(=O)O)N1C(=O)C2(NN=C(c3ccc(OC)cc3)S2)c2ccccc21. The van der Waals surface area contributed by atoms with Crippen molar-refractivity contribution in [3.8, 4) is 5.75 Å². The highest BCUT2D eigenvalue weighted by Crippen LogP contribution is 2.51. The average Bonchev–Trinajstić information content (AvgIpc) is 3.26. The van der Waals surface area contributed by atoms with Crippen LogP contribution in [0.3, 0.4) is 0 Å². The Hall–Kier alpha value is -3.00. The Kier molecular flexibility index (Phi) is 4.50. The van der Waals surface area contributed by atoms with Crippen LogP contribution in [0.1, 0.15) is 24.5 Å². The van der Waals surface area contributed by atoms with Crippen molar-refractivity contribution in [1.29, 1.82) is 0 Å². The molecule has 7 nitrogen and oxygen atoms in total. The fraction of sp³-hybridized carbons (Fsp3) is 0.250. The number of hydrazone groups is 1. The molecule has 8 heteroatoms. The van der Waals surface area contributed by atoms with Gasteiger partial charge in [0.05, 0.1) is 12.8 Å². The maximum Gasteiger partial charge on any atom is 0.326 e. The molecule has 28 heavy (non-hydrogen) atoms. The highest BCUT2D eigenvalue weighted by Gasteiger charge is 2.57. The van der Waals surface area contributed by atoms with E-state index in [1.807, 2.05) is 36.4 Å². The van der Waals surface area contributed by atoms with Crippen LogP contribution >= 0.6 is 11.8 Å². The van der Waals surface area contributed by atoms with Gasteiger partial charge < -0.3 is 9.84 Å². The fourth-order valence-electron chi connectivity index (χ4n) is 3.54. The van der Waals surface area contributed by atoms with Crippen LogP contribution in [0.25, 0.3) is 0 Å². The summed E-state index contributed by atoms with van der Waals surface area (Å²) in [4.78, 5) is 25.4. The number of benzene rings is 2. The number of carboxylic acid groups (broad SMARTS) is 1. The minimum atomic E-state index is -1.16. The Bertz CT molecular complexity index is 976. The first-order chi connectivity index (χ1) is 13.5. The summed E-state index contributed by atoms with van der Waals surface area (Å²) in [5.74, 6) is -0.613. The zero-order valence-corrected chi connectivity index (χ0v) is 16.2. The second-order valence-electron chi connectivity index (χ2n) is 6.50. The Morgan fingerprint density at radius 3 is 2.64 bits per heavy atom. The lowest BCUT2D eigenvalue weighted by Crippen LogP contribution is -2.50. The molecule has 2 aromatic carbocycles. The summed E-state index contributed by atoms with van der Waals surface area (Å²) in [7, 11) is 1.60. The molecular formula is C20H19N3O4S. The minimum Gasteiger partial charge on any atom is -0.497 e. The number of hydrogen-bond acceptors (Lipinski definition) is 6. The molecule has 0 aliphatic carbocycles. The van der Waals surface area contributed by atoms with E-state index in [1.54, 1.807) is 26.2 Å². The molecule has 2 N–H and O–H groups in total. The fourth-order valence-corrected chi connectivity index (χ4v) is 4.73. The molecule has 2 aliphatic rings. The molecule has 2 aromatic rings. The first kappa shape index (κ1) is 18.4. The normalized spacial score (nSPS) is 21.3. The van der Waals surface area contributed by atoms with Gasteiger partial charge in [-0.2, -0.15) is 5.10 Å². The summed E-state index contributed by atoms with van der Waals surface area (Å²) >= 11 is 1.30. The number of para-hydroxylation sites is 1. The number of hydrogen-bond donors (Lipinski definition) is 2. The third-order valence-electron chi connectivity index (χ3n) is 4.95. The van der Waals surface area contributed by atoms with Gasteiger partial charge in [0.2, 0.25) is 4.87 Å². The standard InChI is InChI=1S/C20H19N3O4S/c1-3-15(18(24)25)23-16-7-5-4-6-14(16)20(19(23)26)22-21-17(28-20)12-8-10-13(27-2)11-9-12/h4-11,15,22H,3H2,1-2H3,(H,24,25). The molecule has 4 rings (SSSR count). The van der Waals surface area contributed by atoms with E-state index in [4.69, 9.17) is 4.74 Å². The van der Waals surface area contributed by atoms with E-state index in [0.29, 0.717) is 17.2 Å². The lowest BCUT2D eigenvalue weighted by atomic mass is 10.1. The lowest BCUT2D eigenvalue weighted by Gasteiger charge is -2.26. The largest absolute Gasteiger partial charge is 0.497 e. The van der Waals surface area contributed by atoms with E-state index in [9.17, 15) is 14.7 Å². The van der Waals surface area contributed by atoms with Gasteiger partial charge in [0.1, 0.15) is 16.8 Å². The maximum atomic E-state index is 13.5. The van der Waals surface area contributed by atoms with Crippen molar-refractivity contribution in [3.63, 3.8) is 0 Å². The third kappa shape index (κ3) is 2.63. The quantitative estimate of drug-likeness (QED) is 0.806. The van der Waals surface area contributed by atoms with Crippen LogP contribution in [0.2, 0.25) is 0 Å². The summed E-state index contributed by atoms with van der Waals surface area (Å²) in [6.45, 7) is 1.76. The van der Waals surface area contributed by atoms with Gasteiger partial charge in [-0.1, -0.05) is 36.9 Å². The maximum absolute atomic E-state index is 13.5. The van der Waals surface area contributed by atoms with Crippen molar-refractivity contribution in [2.45, 2.75) is 24.3 Å². The molecule has 2 unspecified atom stereocenters. The Labute approximate surface area is 166 Å². The van der Waals surface area contributed by atoms with E-state index >= 15 is 0 Å². The van der Waals surface area contributed by atoms with Crippen molar-refractivity contribution in [2.24, 2.45) is 5.10 Å². The molecule has 2 aliphatic heterocycles. The van der Waals surface area contributed by atoms with Crippen LogP contribution in [0.15, 0.2) is 53.6 Å². The number of carbonyl (C=O) groups excluding carboxylic acids is 1. The number of fused-ring (bicyclic) bond motifs is 2.